The van der Waals surface area contributed by atoms with E-state index in [2.05, 4.69) is 10.6 Å². The molecule has 2 atom stereocenters. The van der Waals surface area contributed by atoms with E-state index < -0.39 is 5.82 Å². The molecule has 0 bridgehead atoms. The largest absolute Gasteiger partial charge is 0.326 e. The van der Waals surface area contributed by atoms with E-state index in [1.54, 1.807) is 36.4 Å². The molecule has 1 amide bonds. The number of hydrogen-bond acceptors (Lipinski definition) is 2. The summed E-state index contributed by atoms with van der Waals surface area (Å²) in [5.41, 5.74) is 0.886. The van der Waals surface area contributed by atoms with Crippen molar-refractivity contribution < 1.29 is 9.18 Å². The zero-order valence-electron chi connectivity index (χ0n) is 14.1. The molecule has 26 heavy (non-hydrogen) atoms. The number of hydrogen-bond donors (Lipinski definition) is 2. The molecule has 1 aliphatic carbocycles. The lowest BCUT2D eigenvalue weighted by Crippen LogP contribution is -2.54. The van der Waals surface area contributed by atoms with Gasteiger partial charge in [-0.05, 0) is 49.1 Å². The number of nitrogens with one attached hydrogen (secondary N) is 2. The Labute approximate surface area is 161 Å². The van der Waals surface area contributed by atoms with Gasteiger partial charge in [0, 0.05) is 28.7 Å². The molecule has 0 aromatic heterocycles. The van der Waals surface area contributed by atoms with Crippen LogP contribution in [-0.2, 0) is 4.79 Å². The zero-order chi connectivity index (χ0) is 18.3. The smallest absolute Gasteiger partial charge is 0.230 e. The minimum absolute atomic E-state index is 0.0889. The van der Waals surface area contributed by atoms with Crippen LogP contribution in [0, 0.1) is 11.7 Å². The molecule has 2 aromatic carbocycles. The number of amides is 1. The van der Waals surface area contributed by atoms with Crippen LogP contribution in [0.15, 0.2) is 42.5 Å². The number of benzene rings is 2. The maximum Gasteiger partial charge on any atom is 0.230 e. The number of halogens is 3. The van der Waals surface area contributed by atoms with Crippen LogP contribution in [0.25, 0.3) is 0 Å². The lowest BCUT2D eigenvalue weighted by Gasteiger charge is -2.43. The van der Waals surface area contributed by atoms with Gasteiger partial charge in [-0.25, -0.2) is 4.39 Å². The second-order valence-corrected chi connectivity index (χ2v) is 7.96. The maximum absolute atomic E-state index is 14.6. The van der Waals surface area contributed by atoms with Gasteiger partial charge in [0.15, 0.2) is 0 Å². The summed E-state index contributed by atoms with van der Waals surface area (Å²) in [6.45, 7) is 0.560. The summed E-state index contributed by atoms with van der Waals surface area (Å²) in [7, 11) is 0. The minimum Gasteiger partial charge on any atom is -0.326 e. The Morgan fingerprint density at radius 2 is 1.96 bits per heavy atom. The highest BCUT2D eigenvalue weighted by Crippen LogP contribution is 2.50. The molecule has 6 heteroatoms. The van der Waals surface area contributed by atoms with E-state index in [-0.39, 0.29) is 28.3 Å². The third kappa shape index (κ3) is 3.00. The maximum atomic E-state index is 14.6. The first-order chi connectivity index (χ1) is 12.5. The Kier molecular flexibility index (Phi) is 4.68. The molecule has 1 spiro atoms. The van der Waals surface area contributed by atoms with Crippen molar-refractivity contribution in [3.05, 3.63) is 63.9 Å². The summed E-state index contributed by atoms with van der Waals surface area (Å²) in [6.07, 6.45) is 2.90. The molecule has 1 aliphatic heterocycles. The van der Waals surface area contributed by atoms with Gasteiger partial charge in [0.25, 0.3) is 0 Å². The first-order valence-corrected chi connectivity index (χ1v) is 9.51. The molecule has 4 rings (SSSR count). The van der Waals surface area contributed by atoms with E-state index in [9.17, 15) is 9.18 Å². The van der Waals surface area contributed by atoms with E-state index in [1.165, 1.54) is 6.07 Å². The van der Waals surface area contributed by atoms with Gasteiger partial charge >= 0.3 is 0 Å². The van der Waals surface area contributed by atoms with Crippen LogP contribution in [0.4, 0.5) is 10.1 Å². The number of carbonyl (C=O) groups is 1. The number of anilines is 1. The molecular formula is C20H19Cl2FN2O. The molecule has 1 heterocycles. The van der Waals surface area contributed by atoms with Gasteiger partial charge in [0.05, 0.1) is 10.9 Å². The van der Waals surface area contributed by atoms with E-state index in [0.29, 0.717) is 22.8 Å². The van der Waals surface area contributed by atoms with E-state index in [1.807, 2.05) is 0 Å². The van der Waals surface area contributed by atoms with Crippen LogP contribution in [0.2, 0.25) is 10.0 Å². The fourth-order valence-electron chi connectivity index (χ4n) is 4.29. The van der Waals surface area contributed by atoms with Crippen molar-refractivity contribution in [1.29, 1.82) is 0 Å². The second-order valence-electron chi connectivity index (χ2n) is 7.12. The normalized spacial score (nSPS) is 23.7. The Morgan fingerprint density at radius 3 is 2.65 bits per heavy atom. The first-order valence-electron chi connectivity index (χ1n) is 8.75. The Balaban J connectivity index is 1.67. The van der Waals surface area contributed by atoms with Crippen LogP contribution in [0.5, 0.6) is 0 Å². The Morgan fingerprint density at radius 1 is 1.19 bits per heavy atom. The average Bonchev–Trinajstić information content (AvgIpc) is 2.98. The molecule has 2 aliphatic rings. The van der Waals surface area contributed by atoms with Crippen molar-refractivity contribution in [2.24, 2.45) is 5.92 Å². The van der Waals surface area contributed by atoms with E-state index in [0.717, 1.165) is 19.3 Å². The van der Waals surface area contributed by atoms with Gasteiger partial charge in [-0.2, -0.15) is 0 Å². The predicted molar refractivity (Wildman–Crippen MR) is 102 cm³/mol. The highest BCUT2D eigenvalue weighted by molar-refractivity contribution is 6.31. The molecule has 2 N–H and O–H groups in total. The SMILES string of the molecule is O=C(Nc1cccc(Cl)c1)C1C(c2cccc(Cl)c2F)CNC12CCC2. The van der Waals surface area contributed by atoms with Gasteiger partial charge in [-0.1, -0.05) is 41.4 Å². The quantitative estimate of drug-likeness (QED) is 0.771. The fraction of sp³-hybridized carbons (Fsp3) is 0.350. The zero-order valence-corrected chi connectivity index (χ0v) is 15.6. The topological polar surface area (TPSA) is 41.1 Å². The molecule has 0 radical (unpaired) electrons. The molecule has 2 aromatic rings. The molecule has 2 fully saturated rings. The summed E-state index contributed by atoms with van der Waals surface area (Å²) in [4.78, 5) is 13.2. The van der Waals surface area contributed by atoms with Gasteiger partial charge < -0.3 is 10.6 Å². The number of rotatable bonds is 3. The van der Waals surface area contributed by atoms with Crippen LogP contribution in [0.3, 0.4) is 0 Å². The van der Waals surface area contributed by atoms with Crippen LogP contribution < -0.4 is 10.6 Å². The summed E-state index contributed by atoms with van der Waals surface area (Å²) in [6, 6.07) is 12.1. The predicted octanol–water partition coefficient (Wildman–Crippen LogP) is 5.00. The molecule has 1 saturated heterocycles. The third-order valence-electron chi connectivity index (χ3n) is 5.67. The van der Waals surface area contributed by atoms with Crippen molar-refractivity contribution >= 4 is 34.8 Å². The van der Waals surface area contributed by atoms with Crippen LogP contribution in [-0.4, -0.2) is 18.0 Å². The van der Waals surface area contributed by atoms with Crippen molar-refractivity contribution in [3.8, 4) is 0 Å². The third-order valence-corrected chi connectivity index (χ3v) is 6.20. The van der Waals surface area contributed by atoms with Gasteiger partial charge in [-0.15, -0.1) is 0 Å². The van der Waals surface area contributed by atoms with Crippen molar-refractivity contribution in [3.63, 3.8) is 0 Å². The lowest BCUT2D eigenvalue weighted by molar-refractivity contribution is -0.123. The molecule has 1 saturated carbocycles. The lowest BCUT2D eigenvalue weighted by atomic mass is 9.65. The van der Waals surface area contributed by atoms with Crippen molar-refractivity contribution in [1.82, 2.24) is 5.32 Å². The van der Waals surface area contributed by atoms with Gasteiger partial charge in [0.2, 0.25) is 5.91 Å². The van der Waals surface area contributed by atoms with E-state index >= 15 is 0 Å². The Hall–Kier alpha value is -1.62. The number of carbonyl (C=O) groups excluding carboxylic acids is 1. The molecule has 2 unspecified atom stereocenters. The van der Waals surface area contributed by atoms with Gasteiger partial charge in [0.1, 0.15) is 5.82 Å². The molecular weight excluding hydrogens is 374 g/mol. The standard InChI is InChI=1S/C20H19Cl2FN2O/c21-12-4-1-5-13(10-12)25-19(26)17-15(11-24-20(17)8-3-9-20)14-6-2-7-16(22)18(14)23/h1-2,4-7,10,15,17,24H,3,8-9,11H2,(H,25,26). The van der Waals surface area contributed by atoms with Crippen molar-refractivity contribution in [2.75, 3.05) is 11.9 Å². The summed E-state index contributed by atoms with van der Waals surface area (Å²) < 4.78 is 14.6. The second kappa shape index (κ2) is 6.84. The van der Waals surface area contributed by atoms with E-state index in [4.69, 9.17) is 23.2 Å². The highest BCUT2D eigenvalue weighted by Gasteiger charge is 2.55. The summed E-state index contributed by atoms with van der Waals surface area (Å²) >= 11 is 12.0. The van der Waals surface area contributed by atoms with Crippen LogP contribution in [0.1, 0.15) is 30.7 Å². The average molecular weight is 393 g/mol. The monoisotopic (exact) mass is 392 g/mol. The molecule has 3 nitrogen and oxygen atoms in total. The summed E-state index contributed by atoms with van der Waals surface area (Å²) in [5, 5.41) is 7.11. The summed E-state index contributed by atoms with van der Waals surface area (Å²) in [5.74, 6) is -1.16. The first kappa shape index (κ1) is 17.8. The Bertz CT molecular complexity index is 853. The fourth-order valence-corrected chi connectivity index (χ4v) is 4.66. The van der Waals surface area contributed by atoms with Gasteiger partial charge in [-0.3, -0.25) is 4.79 Å². The highest BCUT2D eigenvalue weighted by atomic mass is 35.5. The van der Waals surface area contributed by atoms with Crippen LogP contribution >= 0.6 is 23.2 Å². The molecule has 136 valence electrons. The van der Waals surface area contributed by atoms with Crippen molar-refractivity contribution in [2.45, 2.75) is 30.7 Å². The minimum atomic E-state index is -0.433.